The van der Waals surface area contributed by atoms with Crippen molar-refractivity contribution in [3.8, 4) is 5.75 Å². The van der Waals surface area contributed by atoms with Crippen LogP contribution in [0.4, 0.5) is 0 Å². The lowest BCUT2D eigenvalue weighted by Gasteiger charge is -2.06. The molecule has 3 aromatic carbocycles. The van der Waals surface area contributed by atoms with Crippen molar-refractivity contribution in [1.82, 2.24) is 0 Å². The topological polar surface area (TPSA) is 63.6 Å². The predicted octanol–water partition coefficient (Wildman–Crippen LogP) is 3.69. The summed E-state index contributed by atoms with van der Waals surface area (Å²) in [5.41, 5.74) is 1.02. The van der Waals surface area contributed by atoms with Gasteiger partial charge in [-0.3, -0.25) is 4.79 Å². The minimum Gasteiger partial charge on any atom is -0.478 e. The second-order valence-corrected chi connectivity index (χ2v) is 5.16. The Morgan fingerprint density at radius 2 is 1.57 bits per heavy atom. The summed E-state index contributed by atoms with van der Waals surface area (Å²) in [7, 11) is 0. The molecule has 0 aromatic heterocycles. The van der Waals surface area contributed by atoms with Gasteiger partial charge in [-0.2, -0.15) is 0 Å². The van der Waals surface area contributed by atoms with Crippen LogP contribution in [0.1, 0.15) is 15.9 Å². The van der Waals surface area contributed by atoms with Crippen molar-refractivity contribution in [2.24, 2.45) is 0 Å². The quantitative estimate of drug-likeness (QED) is 0.590. The molecule has 3 aromatic rings. The average molecular weight is 306 g/mol. The van der Waals surface area contributed by atoms with E-state index in [2.05, 4.69) is 0 Å². The fraction of sp³-hybridized carbons (Fsp3) is 0.0526. The minimum absolute atomic E-state index is 0.152. The van der Waals surface area contributed by atoms with Crippen molar-refractivity contribution in [2.45, 2.75) is 6.42 Å². The van der Waals surface area contributed by atoms with E-state index in [0.717, 1.165) is 16.3 Å². The molecule has 0 aliphatic carbocycles. The molecule has 1 N–H and O–H groups in total. The van der Waals surface area contributed by atoms with E-state index in [4.69, 9.17) is 9.84 Å². The highest BCUT2D eigenvalue weighted by molar-refractivity contribution is 5.88. The van der Waals surface area contributed by atoms with Gasteiger partial charge in [-0.15, -0.1) is 0 Å². The van der Waals surface area contributed by atoms with E-state index in [1.54, 1.807) is 0 Å². The molecule has 23 heavy (non-hydrogen) atoms. The number of aromatic carboxylic acids is 1. The Morgan fingerprint density at radius 3 is 2.26 bits per heavy atom. The number of hydrogen-bond donors (Lipinski definition) is 1. The number of hydrogen-bond acceptors (Lipinski definition) is 3. The Bertz CT molecular complexity index is 866. The molecule has 0 radical (unpaired) electrons. The summed E-state index contributed by atoms with van der Waals surface area (Å²) in [4.78, 5) is 22.8. The Hall–Kier alpha value is -3.14. The first-order valence-corrected chi connectivity index (χ1v) is 7.13. The van der Waals surface area contributed by atoms with Crippen LogP contribution in [0.2, 0.25) is 0 Å². The first-order valence-electron chi connectivity index (χ1n) is 7.13. The third-order valence-electron chi connectivity index (χ3n) is 3.50. The standard InChI is InChI=1S/C19H14O4/c20-18(23-17-9-7-15(8-10-17)19(21)22)12-13-5-6-14-3-1-2-4-16(14)11-13/h1-11H,12H2,(H,21,22). The van der Waals surface area contributed by atoms with Crippen molar-refractivity contribution < 1.29 is 19.4 Å². The summed E-state index contributed by atoms with van der Waals surface area (Å²) in [6.07, 6.45) is 0.158. The van der Waals surface area contributed by atoms with Gasteiger partial charge in [0.25, 0.3) is 0 Å². The van der Waals surface area contributed by atoms with Gasteiger partial charge in [0, 0.05) is 0 Å². The van der Waals surface area contributed by atoms with Crippen LogP contribution in [0, 0.1) is 0 Å². The smallest absolute Gasteiger partial charge is 0.335 e. The van der Waals surface area contributed by atoms with E-state index in [9.17, 15) is 9.59 Å². The highest BCUT2D eigenvalue weighted by atomic mass is 16.5. The summed E-state index contributed by atoms with van der Waals surface area (Å²) >= 11 is 0. The van der Waals surface area contributed by atoms with Gasteiger partial charge in [-0.05, 0) is 40.6 Å². The normalized spacial score (nSPS) is 10.4. The van der Waals surface area contributed by atoms with Gasteiger partial charge < -0.3 is 9.84 Å². The molecule has 0 amide bonds. The van der Waals surface area contributed by atoms with Crippen LogP contribution >= 0.6 is 0 Å². The molecule has 0 aliphatic rings. The maximum atomic E-state index is 12.0. The van der Waals surface area contributed by atoms with Crippen molar-refractivity contribution in [3.05, 3.63) is 77.9 Å². The number of benzene rings is 3. The predicted molar refractivity (Wildman–Crippen MR) is 86.7 cm³/mol. The zero-order chi connectivity index (χ0) is 16.2. The van der Waals surface area contributed by atoms with Crippen molar-refractivity contribution >= 4 is 22.7 Å². The lowest BCUT2D eigenvalue weighted by molar-refractivity contribution is -0.133. The number of carbonyl (C=O) groups excluding carboxylic acids is 1. The van der Waals surface area contributed by atoms with Crippen LogP contribution in [0.25, 0.3) is 10.8 Å². The molecular formula is C19H14O4. The molecule has 0 spiro atoms. The number of fused-ring (bicyclic) bond motifs is 1. The molecule has 3 rings (SSSR count). The van der Waals surface area contributed by atoms with Crippen LogP contribution in [0.15, 0.2) is 66.7 Å². The third kappa shape index (κ3) is 3.55. The molecule has 0 aliphatic heterocycles. The first-order chi connectivity index (χ1) is 11.1. The van der Waals surface area contributed by atoms with Gasteiger partial charge in [0.15, 0.2) is 0 Å². The lowest BCUT2D eigenvalue weighted by Crippen LogP contribution is -2.11. The number of esters is 1. The van der Waals surface area contributed by atoms with Gasteiger partial charge in [0.1, 0.15) is 5.75 Å². The molecule has 0 saturated heterocycles. The van der Waals surface area contributed by atoms with Gasteiger partial charge in [-0.25, -0.2) is 4.79 Å². The third-order valence-corrected chi connectivity index (χ3v) is 3.50. The molecule has 4 nitrogen and oxygen atoms in total. The number of ether oxygens (including phenoxy) is 1. The van der Waals surface area contributed by atoms with Crippen LogP contribution in [0.5, 0.6) is 5.75 Å². The molecule has 0 unspecified atom stereocenters. The number of carbonyl (C=O) groups is 2. The second-order valence-electron chi connectivity index (χ2n) is 5.16. The summed E-state index contributed by atoms with van der Waals surface area (Å²) in [5.74, 6) is -1.07. The highest BCUT2D eigenvalue weighted by Crippen LogP contribution is 2.17. The number of carboxylic acid groups (broad SMARTS) is 1. The van der Waals surface area contributed by atoms with E-state index in [-0.39, 0.29) is 18.0 Å². The van der Waals surface area contributed by atoms with Crippen molar-refractivity contribution in [3.63, 3.8) is 0 Å². The SMILES string of the molecule is O=C(Cc1ccc2ccccc2c1)Oc1ccc(C(=O)O)cc1. The first kappa shape index (κ1) is 14.8. The molecule has 114 valence electrons. The maximum absolute atomic E-state index is 12.0. The summed E-state index contributed by atoms with van der Waals surface area (Å²) in [6.45, 7) is 0. The Labute approximate surface area is 132 Å². The van der Waals surface area contributed by atoms with Crippen molar-refractivity contribution in [2.75, 3.05) is 0 Å². The molecule has 0 heterocycles. The average Bonchev–Trinajstić information content (AvgIpc) is 2.55. The minimum atomic E-state index is -1.01. The van der Waals surface area contributed by atoms with Crippen molar-refractivity contribution in [1.29, 1.82) is 0 Å². The monoisotopic (exact) mass is 306 g/mol. The molecule has 0 saturated carbocycles. The van der Waals surface area contributed by atoms with E-state index in [0.29, 0.717) is 5.75 Å². The zero-order valence-electron chi connectivity index (χ0n) is 12.2. The van der Waals surface area contributed by atoms with Crippen LogP contribution in [-0.4, -0.2) is 17.0 Å². The van der Waals surface area contributed by atoms with Gasteiger partial charge >= 0.3 is 11.9 Å². The Balaban J connectivity index is 1.69. The van der Waals surface area contributed by atoms with Crippen LogP contribution in [0.3, 0.4) is 0 Å². The zero-order valence-corrected chi connectivity index (χ0v) is 12.2. The number of rotatable bonds is 4. The Morgan fingerprint density at radius 1 is 0.870 bits per heavy atom. The fourth-order valence-electron chi connectivity index (χ4n) is 2.35. The summed E-state index contributed by atoms with van der Waals surface area (Å²) in [5, 5.41) is 11.0. The van der Waals surface area contributed by atoms with E-state index in [1.807, 2.05) is 42.5 Å². The fourth-order valence-corrected chi connectivity index (χ4v) is 2.35. The van der Waals surface area contributed by atoms with E-state index >= 15 is 0 Å². The van der Waals surface area contributed by atoms with Crippen LogP contribution < -0.4 is 4.74 Å². The largest absolute Gasteiger partial charge is 0.478 e. The highest BCUT2D eigenvalue weighted by Gasteiger charge is 2.08. The second kappa shape index (κ2) is 6.32. The van der Waals surface area contributed by atoms with E-state index < -0.39 is 5.97 Å². The van der Waals surface area contributed by atoms with Gasteiger partial charge in [0.2, 0.25) is 0 Å². The van der Waals surface area contributed by atoms with Gasteiger partial charge in [-0.1, -0.05) is 42.5 Å². The molecule has 0 bridgehead atoms. The molecule has 0 fully saturated rings. The van der Waals surface area contributed by atoms with Gasteiger partial charge in [0.05, 0.1) is 12.0 Å². The molecule has 0 atom stereocenters. The lowest BCUT2D eigenvalue weighted by atomic mass is 10.1. The Kier molecular flexibility index (Phi) is 4.06. The van der Waals surface area contributed by atoms with Crippen LogP contribution in [-0.2, 0) is 11.2 Å². The number of carboxylic acids is 1. The molecular weight excluding hydrogens is 292 g/mol. The summed E-state index contributed by atoms with van der Waals surface area (Å²) in [6, 6.07) is 19.5. The van der Waals surface area contributed by atoms with E-state index in [1.165, 1.54) is 24.3 Å². The summed E-state index contributed by atoms with van der Waals surface area (Å²) < 4.78 is 5.23. The molecule has 4 heteroatoms. The maximum Gasteiger partial charge on any atom is 0.335 e.